The van der Waals surface area contributed by atoms with Crippen LogP contribution in [0, 0.1) is 25.7 Å². The number of H-pyrrole nitrogens is 1. The summed E-state index contributed by atoms with van der Waals surface area (Å²) < 4.78 is 1.69. The van der Waals surface area contributed by atoms with Crippen molar-refractivity contribution in [3.8, 4) is 0 Å². The van der Waals surface area contributed by atoms with Crippen LogP contribution in [0.15, 0.2) is 29.1 Å². The van der Waals surface area contributed by atoms with Crippen LogP contribution in [0.25, 0.3) is 11.0 Å². The Kier molecular flexibility index (Phi) is 7.22. The molecule has 2 unspecified atom stereocenters. The maximum atomic E-state index is 12.6. The molecule has 3 aromatic rings. The van der Waals surface area contributed by atoms with E-state index < -0.39 is 0 Å². The predicted molar refractivity (Wildman–Crippen MR) is 136 cm³/mol. The molecule has 4 rings (SSSR count). The Bertz CT molecular complexity index is 1210. The van der Waals surface area contributed by atoms with Crippen LogP contribution in [-0.4, -0.2) is 38.7 Å². The molecule has 0 radical (unpaired) electrons. The second-order valence-corrected chi connectivity index (χ2v) is 10.2. The highest BCUT2D eigenvalue weighted by Gasteiger charge is 2.21. The minimum Gasteiger partial charge on any atom is -0.352 e. The van der Waals surface area contributed by atoms with Crippen LogP contribution >= 0.6 is 0 Å². The highest BCUT2D eigenvalue weighted by Crippen LogP contribution is 2.23. The molecule has 2 aromatic heterocycles. The summed E-state index contributed by atoms with van der Waals surface area (Å²) in [6.07, 6.45) is 2.00. The molecule has 1 fully saturated rings. The zero-order valence-electron chi connectivity index (χ0n) is 21.1. The number of piperidine rings is 1. The van der Waals surface area contributed by atoms with Crippen LogP contribution in [0.2, 0.25) is 0 Å². The molecule has 2 atom stereocenters. The Labute approximate surface area is 201 Å². The smallest absolute Gasteiger partial charge is 0.253 e. The highest BCUT2D eigenvalue weighted by molar-refractivity contribution is 5.83. The molecule has 1 amide bonds. The summed E-state index contributed by atoms with van der Waals surface area (Å²) >= 11 is 0. The average Bonchev–Trinajstić information content (AvgIpc) is 3.05. The van der Waals surface area contributed by atoms with E-state index in [0.29, 0.717) is 18.5 Å². The number of carbonyl (C=O) groups excluding carboxylic acids is 1. The van der Waals surface area contributed by atoms with E-state index in [1.807, 2.05) is 20.9 Å². The predicted octanol–water partition coefficient (Wildman–Crippen LogP) is 3.61. The van der Waals surface area contributed by atoms with Gasteiger partial charge in [-0.1, -0.05) is 38.1 Å². The molecular formula is C27H37N5O2. The molecule has 34 heavy (non-hydrogen) atoms. The number of nitrogens with zero attached hydrogens (tertiary/aromatic N) is 3. The highest BCUT2D eigenvalue weighted by atomic mass is 16.1. The van der Waals surface area contributed by atoms with E-state index in [-0.39, 0.29) is 17.9 Å². The molecule has 2 N–H and O–H groups in total. The van der Waals surface area contributed by atoms with Gasteiger partial charge in [0.25, 0.3) is 5.56 Å². The van der Waals surface area contributed by atoms with Gasteiger partial charge in [-0.2, -0.15) is 5.10 Å². The first kappa shape index (κ1) is 24.2. The molecule has 182 valence electrons. The van der Waals surface area contributed by atoms with Crippen LogP contribution in [0.1, 0.15) is 54.6 Å². The van der Waals surface area contributed by atoms with E-state index >= 15 is 0 Å². The fourth-order valence-corrected chi connectivity index (χ4v) is 5.53. The van der Waals surface area contributed by atoms with Crippen LogP contribution in [0.4, 0.5) is 0 Å². The zero-order valence-corrected chi connectivity index (χ0v) is 21.1. The van der Waals surface area contributed by atoms with Crippen molar-refractivity contribution < 1.29 is 4.79 Å². The number of nitrogens with one attached hydrogen (secondary N) is 2. The van der Waals surface area contributed by atoms with Gasteiger partial charge in [-0.05, 0) is 55.2 Å². The van der Waals surface area contributed by atoms with Crippen molar-refractivity contribution in [2.45, 2.75) is 60.0 Å². The zero-order chi connectivity index (χ0) is 24.4. The van der Waals surface area contributed by atoms with E-state index in [2.05, 4.69) is 58.4 Å². The van der Waals surface area contributed by atoms with Gasteiger partial charge in [-0.3, -0.25) is 19.2 Å². The van der Waals surface area contributed by atoms with Gasteiger partial charge < -0.3 is 10.3 Å². The lowest BCUT2D eigenvalue weighted by Crippen LogP contribution is -2.38. The van der Waals surface area contributed by atoms with Gasteiger partial charge in [0, 0.05) is 50.6 Å². The van der Waals surface area contributed by atoms with Crippen molar-refractivity contribution in [3.63, 3.8) is 0 Å². The minimum absolute atomic E-state index is 0.0535. The first-order chi connectivity index (χ1) is 16.2. The molecule has 0 spiro atoms. The number of rotatable bonds is 7. The van der Waals surface area contributed by atoms with Gasteiger partial charge in [0.1, 0.15) is 5.65 Å². The van der Waals surface area contributed by atoms with Crippen LogP contribution in [0.3, 0.4) is 0 Å². The topological polar surface area (TPSA) is 83.0 Å². The number of amides is 1. The lowest BCUT2D eigenvalue weighted by molar-refractivity contribution is -0.121. The fraction of sp³-hybridized carbons (Fsp3) is 0.519. The van der Waals surface area contributed by atoms with Crippen LogP contribution in [-0.2, 0) is 31.4 Å². The fourth-order valence-electron chi connectivity index (χ4n) is 5.53. The number of pyridine rings is 1. The summed E-state index contributed by atoms with van der Waals surface area (Å²) in [7, 11) is 1.82. The molecule has 1 aliphatic rings. The molecule has 1 aromatic carbocycles. The number of likely N-dealkylation sites (tertiary alicyclic amines) is 1. The molecular weight excluding hydrogens is 426 g/mol. The summed E-state index contributed by atoms with van der Waals surface area (Å²) in [6.45, 7) is 12.3. The molecule has 0 aliphatic carbocycles. The molecule has 7 nitrogen and oxygen atoms in total. The van der Waals surface area contributed by atoms with Gasteiger partial charge in [-0.25, -0.2) is 0 Å². The Balaban J connectivity index is 1.30. The van der Waals surface area contributed by atoms with Crippen molar-refractivity contribution in [2.24, 2.45) is 18.9 Å². The van der Waals surface area contributed by atoms with Crippen molar-refractivity contribution in [1.82, 2.24) is 25.0 Å². The molecule has 0 bridgehead atoms. The van der Waals surface area contributed by atoms with Crippen molar-refractivity contribution in [2.75, 3.05) is 13.1 Å². The lowest BCUT2D eigenvalue weighted by Gasteiger charge is -2.35. The van der Waals surface area contributed by atoms with Gasteiger partial charge >= 0.3 is 0 Å². The number of aromatic nitrogens is 3. The van der Waals surface area contributed by atoms with E-state index in [4.69, 9.17) is 0 Å². The van der Waals surface area contributed by atoms with E-state index in [1.165, 1.54) is 12.0 Å². The summed E-state index contributed by atoms with van der Waals surface area (Å²) in [6, 6.07) is 8.53. The van der Waals surface area contributed by atoms with Crippen molar-refractivity contribution in [1.29, 1.82) is 0 Å². The van der Waals surface area contributed by atoms with Crippen LogP contribution in [0.5, 0.6) is 0 Å². The Morgan fingerprint density at radius 1 is 1.12 bits per heavy atom. The monoisotopic (exact) mass is 463 g/mol. The van der Waals surface area contributed by atoms with Crippen molar-refractivity contribution >= 4 is 16.9 Å². The Morgan fingerprint density at radius 3 is 2.44 bits per heavy atom. The molecule has 0 saturated carbocycles. The largest absolute Gasteiger partial charge is 0.352 e. The van der Waals surface area contributed by atoms with Crippen molar-refractivity contribution in [3.05, 3.63) is 62.6 Å². The third-order valence-corrected chi connectivity index (χ3v) is 7.02. The van der Waals surface area contributed by atoms with Gasteiger partial charge in [0.15, 0.2) is 0 Å². The molecule has 1 saturated heterocycles. The summed E-state index contributed by atoms with van der Waals surface area (Å²) in [5, 5.41) is 8.36. The summed E-state index contributed by atoms with van der Waals surface area (Å²) in [5.74, 6) is 1.46. The number of aromatic amines is 1. The average molecular weight is 464 g/mol. The standard InChI is InChI=1S/C27H37N5O2/c1-17-12-18(2)15-32(14-17)16-22-8-6-21(7-9-22)13-28-24(33)11-10-23-19(3)25-20(4)30-31(5)26(25)29-27(23)34/h6-9,17-18H,10-16H2,1-5H3,(H,28,33)(H,29,34). The van der Waals surface area contributed by atoms with E-state index in [9.17, 15) is 9.59 Å². The maximum Gasteiger partial charge on any atom is 0.253 e. The summed E-state index contributed by atoms with van der Waals surface area (Å²) in [5.41, 5.74) is 5.42. The van der Waals surface area contributed by atoms with E-state index in [1.54, 1.807) is 4.68 Å². The first-order valence-electron chi connectivity index (χ1n) is 12.3. The third kappa shape index (κ3) is 5.41. The van der Waals surface area contributed by atoms with Crippen LogP contribution < -0.4 is 10.9 Å². The van der Waals surface area contributed by atoms with Gasteiger partial charge in [0.2, 0.25) is 5.91 Å². The lowest BCUT2D eigenvalue weighted by atomic mass is 9.91. The normalized spacial score (nSPS) is 19.0. The van der Waals surface area contributed by atoms with Gasteiger partial charge in [0.05, 0.1) is 5.69 Å². The summed E-state index contributed by atoms with van der Waals surface area (Å²) in [4.78, 5) is 30.5. The number of hydrogen-bond acceptors (Lipinski definition) is 4. The number of fused-ring (bicyclic) bond motifs is 1. The minimum atomic E-state index is -0.145. The second kappa shape index (κ2) is 10.1. The first-order valence-corrected chi connectivity index (χ1v) is 12.3. The molecule has 3 heterocycles. The van der Waals surface area contributed by atoms with Gasteiger partial charge in [-0.15, -0.1) is 0 Å². The SMILES string of the molecule is Cc1nn(C)c2[nH]c(=O)c(CCC(=O)NCc3ccc(CN4CC(C)CC(C)C4)cc3)c(C)c12. The quantitative estimate of drug-likeness (QED) is 0.561. The number of benzene rings is 1. The van der Waals surface area contributed by atoms with E-state index in [0.717, 1.165) is 59.3 Å². The second-order valence-electron chi connectivity index (χ2n) is 10.2. The molecule has 1 aliphatic heterocycles. The third-order valence-electron chi connectivity index (χ3n) is 7.02. The number of carbonyl (C=O) groups is 1. The Hall–Kier alpha value is -2.93. The number of aryl methyl sites for hydroxylation is 3. The number of hydrogen-bond donors (Lipinski definition) is 2. The molecule has 7 heteroatoms. The Morgan fingerprint density at radius 2 is 1.76 bits per heavy atom. The maximum absolute atomic E-state index is 12.6.